The Bertz CT molecular complexity index is 1390. The van der Waals surface area contributed by atoms with Crippen LogP contribution < -0.4 is 4.90 Å². The molecule has 4 heterocycles. The maximum Gasteiger partial charge on any atom is 0.504 e. The molecular weight excluding hydrogens is 433 g/mol. The van der Waals surface area contributed by atoms with Gasteiger partial charge in [0.1, 0.15) is 0 Å². The van der Waals surface area contributed by atoms with E-state index in [-0.39, 0.29) is 28.1 Å². The third kappa shape index (κ3) is 3.20. The average molecular weight is 452 g/mol. The number of carbonyl (C=O) groups excluding carboxylic acids is 1. The van der Waals surface area contributed by atoms with E-state index >= 15 is 0 Å². The smallest absolute Gasteiger partial charge is 0.345 e. The molecule has 1 N–H and O–H groups in total. The number of aromatic amines is 1. The van der Waals surface area contributed by atoms with Gasteiger partial charge in [-0.3, -0.25) is 9.78 Å². The van der Waals surface area contributed by atoms with Gasteiger partial charge in [-0.25, -0.2) is 4.98 Å². The van der Waals surface area contributed by atoms with Crippen molar-refractivity contribution < 1.29 is 18.0 Å². The molecule has 7 nitrogen and oxygen atoms in total. The SMILES string of the molecule is Cc1cc(-c2cnn(C(F)(F)F)c2)ncc1[C@@H]1C(C2CC2)C(=O)N1c1ccc2nc[nH]c2c1. The Morgan fingerprint density at radius 3 is 2.64 bits per heavy atom. The Labute approximate surface area is 186 Å². The average Bonchev–Trinajstić information content (AvgIpc) is 3.25. The number of β-lactam (4-membered cyclic amide) rings is 1. The molecule has 6 rings (SSSR count). The summed E-state index contributed by atoms with van der Waals surface area (Å²) >= 11 is 0. The van der Waals surface area contributed by atoms with Crippen LogP contribution >= 0.6 is 0 Å². The highest BCUT2D eigenvalue weighted by Gasteiger charge is 2.55. The summed E-state index contributed by atoms with van der Waals surface area (Å²) in [5.41, 5.74) is 4.93. The zero-order chi connectivity index (χ0) is 22.9. The first-order chi connectivity index (χ1) is 15.8. The molecule has 4 aromatic rings. The van der Waals surface area contributed by atoms with E-state index in [1.54, 1.807) is 23.5 Å². The molecule has 1 saturated heterocycles. The number of halogens is 3. The van der Waals surface area contributed by atoms with E-state index in [4.69, 9.17) is 0 Å². The quantitative estimate of drug-likeness (QED) is 0.455. The van der Waals surface area contributed by atoms with Crippen molar-refractivity contribution in [3.8, 4) is 11.3 Å². The number of carbonyl (C=O) groups is 1. The van der Waals surface area contributed by atoms with Crippen LogP contribution in [0.2, 0.25) is 0 Å². The van der Waals surface area contributed by atoms with E-state index in [0.717, 1.165) is 53.1 Å². The van der Waals surface area contributed by atoms with Crippen LogP contribution in [0.5, 0.6) is 0 Å². The number of pyridine rings is 1. The van der Waals surface area contributed by atoms with Gasteiger partial charge in [0.2, 0.25) is 5.91 Å². The number of alkyl halides is 3. The normalized spacial score (nSPS) is 21.0. The lowest BCUT2D eigenvalue weighted by atomic mass is 9.77. The third-order valence-corrected chi connectivity index (χ3v) is 6.56. The molecule has 1 amide bonds. The van der Waals surface area contributed by atoms with Gasteiger partial charge in [0.15, 0.2) is 0 Å². The molecule has 2 atom stereocenters. The highest BCUT2D eigenvalue weighted by Crippen LogP contribution is 2.54. The van der Waals surface area contributed by atoms with Crippen molar-refractivity contribution in [1.82, 2.24) is 24.7 Å². The van der Waals surface area contributed by atoms with Gasteiger partial charge in [-0.1, -0.05) is 0 Å². The summed E-state index contributed by atoms with van der Waals surface area (Å²) < 4.78 is 38.7. The van der Waals surface area contributed by atoms with E-state index < -0.39 is 6.30 Å². The number of nitrogens with one attached hydrogen (secondary N) is 1. The lowest BCUT2D eigenvalue weighted by molar-refractivity contribution is -0.212. The number of hydrogen-bond donors (Lipinski definition) is 1. The van der Waals surface area contributed by atoms with E-state index in [1.165, 1.54) is 0 Å². The molecule has 2 fully saturated rings. The highest BCUT2D eigenvalue weighted by atomic mass is 19.4. The topological polar surface area (TPSA) is 79.7 Å². The molecule has 168 valence electrons. The number of fused-ring (bicyclic) bond motifs is 1. The van der Waals surface area contributed by atoms with Crippen molar-refractivity contribution in [2.75, 3.05) is 4.90 Å². The predicted octanol–water partition coefficient (Wildman–Crippen LogP) is 4.72. The first kappa shape index (κ1) is 20.0. The van der Waals surface area contributed by atoms with E-state index in [2.05, 4.69) is 20.1 Å². The van der Waals surface area contributed by atoms with Crippen LogP contribution in [0.25, 0.3) is 22.3 Å². The largest absolute Gasteiger partial charge is 0.504 e. The Kier molecular flexibility index (Phi) is 4.17. The summed E-state index contributed by atoms with van der Waals surface area (Å²) in [4.78, 5) is 26.7. The lowest BCUT2D eigenvalue weighted by Gasteiger charge is -2.48. The molecule has 1 aromatic carbocycles. The van der Waals surface area contributed by atoms with Crippen LogP contribution in [0.15, 0.2) is 49.2 Å². The first-order valence-corrected chi connectivity index (χ1v) is 10.7. The monoisotopic (exact) mass is 452 g/mol. The summed E-state index contributed by atoms with van der Waals surface area (Å²) in [6.07, 6.45) is 2.86. The number of rotatable bonds is 4. The second-order valence-corrected chi connectivity index (χ2v) is 8.69. The maximum absolute atomic E-state index is 13.2. The molecule has 10 heteroatoms. The molecule has 0 radical (unpaired) electrons. The fourth-order valence-corrected chi connectivity index (χ4v) is 4.75. The van der Waals surface area contributed by atoms with Gasteiger partial charge in [-0.15, -0.1) is 13.2 Å². The second kappa shape index (κ2) is 6.90. The van der Waals surface area contributed by atoms with Crippen LogP contribution in [0.1, 0.15) is 30.0 Å². The number of amides is 1. The number of aromatic nitrogens is 5. The van der Waals surface area contributed by atoms with Gasteiger partial charge in [0.05, 0.1) is 41.2 Å². The molecule has 33 heavy (non-hydrogen) atoms. The Balaban J connectivity index is 1.37. The summed E-state index contributed by atoms with van der Waals surface area (Å²) in [5, 5.41) is 3.39. The first-order valence-electron chi connectivity index (χ1n) is 10.7. The molecule has 2 aliphatic rings. The van der Waals surface area contributed by atoms with Gasteiger partial charge in [0, 0.05) is 23.6 Å². The van der Waals surface area contributed by atoms with Crippen LogP contribution in [0.4, 0.5) is 18.9 Å². The Hall–Kier alpha value is -3.69. The number of imidazole rings is 1. The number of anilines is 1. The molecular formula is C23H19F3N6O. The molecule has 1 unspecified atom stereocenters. The molecule has 0 bridgehead atoms. The van der Waals surface area contributed by atoms with Gasteiger partial charge < -0.3 is 9.88 Å². The summed E-state index contributed by atoms with van der Waals surface area (Å²) in [5.74, 6) is 0.344. The summed E-state index contributed by atoms with van der Waals surface area (Å²) in [6, 6.07) is 7.28. The number of hydrogen-bond acceptors (Lipinski definition) is 4. The van der Waals surface area contributed by atoms with Crippen molar-refractivity contribution in [3.63, 3.8) is 0 Å². The van der Waals surface area contributed by atoms with E-state index in [9.17, 15) is 18.0 Å². The Morgan fingerprint density at radius 2 is 1.94 bits per heavy atom. The van der Waals surface area contributed by atoms with Crippen LogP contribution in [-0.2, 0) is 11.1 Å². The standard InChI is InChI=1S/C23H19F3N6O/c1-12-6-18(14-8-30-31(10-14)23(24,25)26)27-9-16(12)21-20(13-2-3-13)22(33)32(21)15-4-5-17-19(7-15)29-11-28-17/h4-11,13,20-21H,2-3H2,1H3,(H,28,29)/t20?,21-/m1/s1. The minimum Gasteiger partial charge on any atom is -0.345 e. The fourth-order valence-electron chi connectivity index (χ4n) is 4.75. The maximum atomic E-state index is 13.2. The lowest BCUT2D eigenvalue weighted by Crippen LogP contribution is -2.56. The van der Waals surface area contributed by atoms with Gasteiger partial charge >= 0.3 is 6.30 Å². The zero-order valence-electron chi connectivity index (χ0n) is 17.5. The molecule has 1 aliphatic heterocycles. The third-order valence-electron chi connectivity index (χ3n) is 6.56. The van der Waals surface area contributed by atoms with E-state index in [0.29, 0.717) is 11.6 Å². The minimum absolute atomic E-state index is 0.0334. The predicted molar refractivity (Wildman–Crippen MR) is 114 cm³/mol. The molecule has 1 aliphatic carbocycles. The van der Waals surface area contributed by atoms with Crippen molar-refractivity contribution in [2.45, 2.75) is 32.1 Å². The number of H-pyrrole nitrogens is 1. The minimum atomic E-state index is -4.58. The summed E-state index contributed by atoms with van der Waals surface area (Å²) in [6.45, 7) is 1.90. The van der Waals surface area contributed by atoms with Crippen molar-refractivity contribution in [1.29, 1.82) is 0 Å². The number of nitrogens with zero attached hydrogens (tertiary/aromatic N) is 5. The van der Waals surface area contributed by atoms with Crippen LogP contribution in [-0.4, -0.2) is 30.6 Å². The van der Waals surface area contributed by atoms with Crippen molar-refractivity contribution >= 4 is 22.6 Å². The highest BCUT2D eigenvalue weighted by molar-refractivity contribution is 6.04. The number of aryl methyl sites for hydroxylation is 1. The van der Waals surface area contributed by atoms with Gasteiger partial charge in [-0.2, -0.15) is 9.78 Å². The fraction of sp³-hybridized carbons (Fsp3) is 0.304. The summed E-state index contributed by atoms with van der Waals surface area (Å²) in [7, 11) is 0. The van der Waals surface area contributed by atoms with Gasteiger partial charge in [-0.05, 0) is 61.1 Å². The van der Waals surface area contributed by atoms with Crippen molar-refractivity contribution in [2.24, 2.45) is 11.8 Å². The second-order valence-electron chi connectivity index (χ2n) is 8.69. The number of benzene rings is 1. The van der Waals surface area contributed by atoms with E-state index in [1.807, 2.05) is 25.1 Å². The molecule has 3 aromatic heterocycles. The van der Waals surface area contributed by atoms with Gasteiger partial charge in [0.25, 0.3) is 0 Å². The zero-order valence-corrected chi connectivity index (χ0v) is 17.5. The van der Waals surface area contributed by atoms with Crippen molar-refractivity contribution in [3.05, 3.63) is 60.3 Å². The Morgan fingerprint density at radius 1 is 1.12 bits per heavy atom. The molecule has 0 spiro atoms. The molecule has 1 saturated carbocycles. The van der Waals surface area contributed by atoms with Crippen LogP contribution in [0, 0.1) is 18.8 Å². The van der Waals surface area contributed by atoms with Crippen LogP contribution in [0.3, 0.4) is 0 Å².